The van der Waals surface area contributed by atoms with Gasteiger partial charge in [0.05, 0.1) is 10.7 Å². The smallest absolute Gasteiger partial charge is 0.131 e. The summed E-state index contributed by atoms with van der Waals surface area (Å²) < 4.78 is 2.04. The van der Waals surface area contributed by atoms with Gasteiger partial charge >= 0.3 is 0 Å². The van der Waals surface area contributed by atoms with E-state index in [4.69, 9.17) is 5.73 Å². The second-order valence-corrected chi connectivity index (χ2v) is 4.40. The molecule has 1 unspecified atom stereocenters. The van der Waals surface area contributed by atoms with Crippen molar-refractivity contribution in [2.45, 2.75) is 26.4 Å². The normalized spacial score (nSPS) is 13.0. The molecule has 15 heavy (non-hydrogen) atoms. The van der Waals surface area contributed by atoms with E-state index >= 15 is 0 Å². The molecule has 2 rings (SSSR count). The fourth-order valence-electron chi connectivity index (χ4n) is 1.52. The molecule has 4 nitrogen and oxygen atoms in total. The molecule has 0 aliphatic heterocycles. The Morgan fingerprint density at radius 1 is 1.60 bits per heavy atom. The molecule has 0 radical (unpaired) electrons. The zero-order valence-electron chi connectivity index (χ0n) is 8.84. The largest absolute Gasteiger partial charge is 0.334 e. The summed E-state index contributed by atoms with van der Waals surface area (Å²) in [6.07, 6.45) is 3.71. The third-order valence-corrected chi connectivity index (χ3v) is 3.11. The van der Waals surface area contributed by atoms with Crippen LogP contribution < -0.4 is 5.73 Å². The molecule has 2 heterocycles. The summed E-state index contributed by atoms with van der Waals surface area (Å²) in [5, 5.41) is 3.03. The van der Waals surface area contributed by atoms with Gasteiger partial charge in [-0.05, 0) is 13.8 Å². The summed E-state index contributed by atoms with van der Waals surface area (Å²) in [6, 6.07) is -0.218. The van der Waals surface area contributed by atoms with Crippen LogP contribution in [0.2, 0.25) is 0 Å². The van der Waals surface area contributed by atoms with Crippen LogP contribution in [0.25, 0.3) is 0 Å². The highest BCUT2D eigenvalue weighted by Crippen LogP contribution is 2.19. The van der Waals surface area contributed by atoms with Crippen molar-refractivity contribution in [1.29, 1.82) is 0 Å². The molecule has 0 saturated heterocycles. The molecule has 0 aliphatic carbocycles. The Labute approximate surface area is 92.8 Å². The van der Waals surface area contributed by atoms with Gasteiger partial charge in [0.15, 0.2) is 0 Å². The van der Waals surface area contributed by atoms with Gasteiger partial charge in [-0.3, -0.25) is 0 Å². The van der Waals surface area contributed by atoms with E-state index in [1.54, 1.807) is 17.5 Å². The van der Waals surface area contributed by atoms with E-state index in [2.05, 4.69) is 16.9 Å². The molecule has 1 atom stereocenters. The van der Waals surface area contributed by atoms with Crippen LogP contribution in [0, 0.1) is 6.92 Å². The lowest BCUT2D eigenvalue weighted by Crippen LogP contribution is -2.17. The molecule has 0 aromatic carbocycles. The summed E-state index contributed by atoms with van der Waals surface area (Å²) in [5.41, 5.74) is 7.01. The number of nitrogens with zero attached hydrogens (tertiary/aromatic N) is 3. The fraction of sp³-hybridized carbons (Fsp3) is 0.400. The Morgan fingerprint density at radius 2 is 2.40 bits per heavy atom. The van der Waals surface area contributed by atoms with Crippen molar-refractivity contribution in [2.75, 3.05) is 0 Å². The zero-order chi connectivity index (χ0) is 10.8. The lowest BCUT2D eigenvalue weighted by atomic mass is 10.2. The maximum absolute atomic E-state index is 6.11. The zero-order valence-corrected chi connectivity index (χ0v) is 9.66. The van der Waals surface area contributed by atoms with Crippen molar-refractivity contribution >= 4 is 11.3 Å². The van der Waals surface area contributed by atoms with E-state index < -0.39 is 0 Å². The third-order valence-electron chi connectivity index (χ3n) is 2.32. The molecule has 2 aromatic rings. The van der Waals surface area contributed by atoms with E-state index in [1.165, 1.54) is 0 Å². The van der Waals surface area contributed by atoms with E-state index in [1.807, 2.05) is 23.1 Å². The maximum atomic E-state index is 6.11. The molecule has 80 valence electrons. The summed E-state index contributed by atoms with van der Waals surface area (Å²) in [7, 11) is 0. The van der Waals surface area contributed by atoms with Gasteiger partial charge < -0.3 is 10.3 Å². The van der Waals surface area contributed by atoms with E-state index in [0.717, 1.165) is 23.1 Å². The minimum atomic E-state index is -0.218. The van der Waals surface area contributed by atoms with Gasteiger partial charge in [0.1, 0.15) is 11.9 Å². The van der Waals surface area contributed by atoms with Gasteiger partial charge in [-0.2, -0.15) is 0 Å². The first-order valence-corrected chi connectivity index (χ1v) is 5.79. The van der Waals surface area contributed by atoms with Crippen molar-refractivity contribution in [3.63, 3.8) is 0 Å². The Balaban J connectivity index is 2.31. The lowest BCUT2D eigenvalue weighted by Gasteiger charge is -2.10. The number of rotatable bonds is 3. The minimum absolute atomic E-state index is 0.218. The van der Waals surface area contributed by atoms with E-state index in [-0.39, 0.29) is 6.04 Å². The average Bonchev–Trinajstić information content (AvgIpc) is 2.84. The second kappa shape index (κ2) is 4.12. The second-order valence-electron chi connectivity index (χ2n) is 3.34. The van der Waals surface area contributed by atoms with Crippen molar-refractivity contribution in [1.82, 2.24) is 14.5 Å². The van der Waals surface area contributed by atoms with Crippen LogP contribution in [0.15, 0.2) is 17.8 Å². The standard InChI is InChI=1S/C10H14N4S/c1-3-14-5-4-12-10(14)9(11)8-6-15-7(2)13-8/h4-6,9H,3,11H2,1-2H3. The Bertz CT molecular complexity index is 446. The molecule has 0 aliphatic rings. The Hall–Kier alpha value is -1.20. The van der Waals surface area contributed by atoms with Crippen molar-refractivity contribution in [3.05, 3.63) is 34.3 Å². The molecule has 2 N–H and O–H groups in total. The molecule has 0 amide bonds. The van der Waals surface area contributed by atoms with Gasteiger partial charge in [-0.25, -0.2) is 9.97 Å². The van der Waals surface area contributed by atoms with Crippen LogP contribution in [-0.2, 0) is 6.54 Å². The quantitative estimate of drug-likeness (QED) is 0.860. The number of hydrogen-bond acceptors (Lipinski definition) is 4. The highest BCUT2D eigenvalue weighted by atomic mass is 32.1. The SMILES string of the molecule is CCn1ccnc1C(N)c1csc(C)n1. The molecule has 2 aromatic heterocycles. The summed E-state index contributed by atoms with van der Waals surface area (Å²) in [4.78, 5) is 8.66. The van der Waals surface area contributed by atoms with Crippen molar-refractivity contribution in [3.8, 4) is 0 Å². The predicted molar refractivity (Wildman–Crippen MR) is 60.8 cm³/mol. The molecule has 0 fully saturated rings. The number of aromatic nitrogens is 3. The van der Waals surface area contributed by atoms with Crippen LogP contribution >= 0.6 is 11.3 Å². The molecule has 0 saturated carbocycles. The minimum Gasteiger partial charge on any atom is -0.334 e. The number of thiazole rings is 1. The van der Waals surface area contributed by atoms with Gasteiger partial charge in [0.25, 0.3) is 0 Å². The van der Waals surface area contributed by atoms with Gasteiger partial charge in [0.2, 0.25) is 0 Å². The lowest BCUT2D eigenvalue weighted by molar-refractivity contribution is 0.649. The van der Waals surface area contributed by atoms with Gasteiger partial charge in [-0.15, -0.1) is 11.3 Å². The first-order valence-electron chi connectivity index (χ1n) is 4.91. The molecular weight excluding hydrogens is 208 g/mol. The number of aryl methyl sites for hydroxylation is 2. The molecule has 0 bridgehead atoms. The highest BCUT2D eigenvalue weighted by Gasteiger charge is 2.16. The fourth-order valence-corrected chi connectivity index (χ4v) is 2.17. The van der Waals surface area contributed by atoms with E-state index in [0.29, 0.717) is 0 Å². The third kappa shape index (κ3) is 1.93. The number of hydrogen-bond donors (Lipinski definition) is 1. The molecule has 5 heteroatoms. The first-order chi connectivity index (χ1) is 7.22. The first kappa shape index (κ1) is 10.3. The van der Waals surface area contributed by atoms with E-state index in [9.17, 15) is 0 Å². The Morgan fingerprint density at radius 3 is 3.00 bits per heavy atom. The molecular formula is C10H14N4S. The summed E-state index contributed by atoms with van der Waals surface area (Å²) in [6.45, 7) is 4.93. The number of nitrogens with two attached hydrogens (primary N) is 1. The summed E-state index contributed by atoms with van der Waals surface area (Å²) in [5.74, 6) is 0.878. The monoisotopic (exact) mass is 222 g/mol. The summed E-state index contributed by atoms with van der Waals surface area (Å²) >= 11 is 1.62. The highest BCUT2D eigenvalue weighted by molar-refractivity contribution is 7.09. The topological polar surface area (TPSA) is 56.7 Å². The molecule has 0 spiro atoms. The van der Waals surface area contributed by atoms with Gasteiger partial charge in [0, 0.05) is 24.3 Å². The number of imidazole rings is 1. The van der Waals surface area contributed by atoms with Crippen LogP contribution in [0.1, 0.15) is 29.5 Å². The van der Waals surface area contributed by atoms with Crippen LogP contribution in [-0.4, -0.2) is 14.5 Å². The predicted octanol–water partition coefficient (Wildman–Crippen LogP) is 1.72. The van der Waals surface area contributed by atoms with Crippen LogP contribution in [0.5, 0.6) is 0 Å². The Kier molecular flexibility index (Phi) is 2.83. The van der Waals surface area contributed by atoms with Crippen molar-refractivity contribution in [2.24, 2.45) is 5.73 Å². The van der Waals surface area contributed by atoms with Crippen molar-refractivity contribution < 1.29 is 0 Å². The maximum Gasteiger partial charge on any atom is 0.131 e. The average molecular weight is 222 g/mol. The van der Waals surface area contributed by atoms with Gasteiger partial charge in [-0.1, -0.05) is 0 Å². The van der Waals surface area contributed by atoms with Crippen LogP contribution in [0.3, 0.4) is 0 Å². The van der Waals surface area contributed by atoms with Crippen LogP contribution in [0.4, 0.5) is 0 Å².